The molecule has 184 valence electrons. The molecular weight excluding hydrogens is 428 g/mol. The molecule has 1 aliphatic carbocycles. The quantitative estimate of drug-likeness (QED) is 0.413. The van der Waals surface area contributed by atoms with Gasteiger partial charge in [0, 0.05) is 49.1 Å². The fourth-order valence-electron chi connectivity index (χ4n) is 5.05. The first-order valence-electron chi connectivity index (χ1n) is 13.1. The van der Waals surface area contributed by atoms with E-state index in [4.69, 9.17) is 4.98 Å². The summed E-state index contributed by atoms with van der Waals surface area (Å²) in [5, 5.41) is 10.2. The monoisotopic (exact) mass is 468 g/mol. The third kappa shape index (κ3) is 6.22. The van der Waals surface area contributed by atoms with E-state index in [1.807, 2.05) is 44.2 Å². The summed E-state index contributed by atoms with van der Waals surface area (Å²) >= 11 is 0. The normalized spacial score (nSPS) is 16.7. The van der Waals surface area contributed by atoms with Gasteiger partial charge >= 0.3 is 0 Å². The lowest BCUT2D eigenvalue weighted by Crippen LogP contribution is -2.46. The second kappa shape index (κ2) is 13.0. The van der Waals surface area contributed by atoms with Crippen molar-refractivity contribution in [3.05, 3.63) is 84.2 Å². The van der Waals surface area contributed by atoms with Crippen LogP contribution in [0.5, 0.6) is 0 Å². The first kappa shape index (κ1) is 26.3. The number of nitrogens with zero attached hydrogens (tertiary/aromatic N) is 4. The maximum atomic E-state index is 10.2. The van der Waals surface area contributed by atoms with Crippen LogP contribution in [0.1, 0.15) is 70.1 Å². The Morgan fingerprint density at radius 1 is 1.06 bits per heavy atom. The van der Waals surface area contributed by atoms with E-state index in [1.54, 1.807) is 0 Å². The molecule has 1 aromatic carbocycles. The first-order valence-corrected chi connectivity index (χ1v) is 13.1. The number of rotatable bonds is 6. The molecule has 2 heterocycles. The van der Waals surface area contributed by atoms with Gasteiger partial charge in [-0.2, -0.15) is 5.26 Å². The van der Waals surface area contributed by atoms with Crippen LogP contribution in [0.25, 0.3) is 11.1 Å². The Morgan fingerprint density at radius 2 is 1.71 bits per heavy atom. The van der Waals surface area contributed by atoms with Crippen molar-refractivity contribution in [1.29, 1.82) is 5.26 Å². The van der Waals surface area contributed by atoms with Crippen LogP contribution in [-0.2, 0) is 0 Å². The van der Waals surface area contributed by atoms with E-state index in [0.29, 0.717) is 11.5 Å². The highest BCUT2D eigenvalue weighted by atomic mass is 15.3. The van der Waals surface area contributed by atoms with Crippen molar-refractivity contribution >= 4 is 5.82 Å². The molecule has 1 saturated carbocycles. The second-order valence-corrected chi connectivity index (χ2v) is 9.11. The van der Waals surface area contributed by atoms with Crippen molar-refractivity contribution in [1.82, 2.24) is 9.88 Å². The van der Waals surface area contributed by atoms with Gasteiger partial charge in [-0.15, -0.1) is 0 Å². The van der Waals surface area contributed by atoms with Crippen molar-refractivity contribution in [2.75, 3.05) is 31.1 Å². The molecule has 4 nitrogen and oxygen atoms in total. The van der Waals surface area contributed by atoms with Crippen LogP contribution in [0, 0.1) is 11.3 Å². The lowest BCUT2D eigenvalue weighted by molar-refractivity contribution is 0.326. The molecule has 0 bridgehead atoms. The molecule has 0 N–H and O–H groups in total. The average molecular weight is 469 g/mol. The topological polar surface area (TPSA) is 43.2 Å². The van der Waals surface area contributed by atoms with Crippen LogP contribution in [0.15, 0.2) is 73.0 Å². The molecule has 2 fully saturated rings. The summed E-state index contributed by atoms with van der Waals surface area (Å²) in [7, 11) is 0. The number of pyridine rings is 1. The van der Waals surface area contributed by atoms with E-state index in [1.165, 1.54) is 32.1 Å². The molecule has 0 atom stereocenters. The summed E-state index contributed by atoms with van der Waals surface area (Å²) in [6.45, 7) is 17.5. The van der Waals surface area contributed by atoms with E-state index < -0.39 is 0 Å². The van der Waals surface area contributed by atoms with Crippen molar-refractivity contribution < 1.29 is 0 Å². The van der Waals surface area contributed by atoms with Crippen LogP contribution in [0.2, 0.25) is 0 Å². The van der Waals surface area contributed by atoms with Gasteiger partial charge in [-0.25, -0.2) is 4.98 Å². The number of benzene rings is 1. The highest BCUT2D eigenvalue weighted by Gasteiger charge is 2.26. The number of hydrogen-bond donors (Lipinski definition) is 0. The van der Waals surface area contributed by atoms with Crippen molar-refractivity contribution in [2.45, 2.75) is 58.8 Å². The Balaban J connectivity index is 0.00000167. The molecule has 0 spiro atoms. The average Bonchev–Trinajstić information content (AvgIpc) is 2.94. The lowest BCUT2D eigenvalue weighted by Gasteiger charge is -2.38. The number of aromatic nitrogens is 1. The molecule has 0 amide bonds. The maximum absolute atomic E-state index is 10.2. The minimum Gasteiger partial charge on any atom is -0.368 e. The van der Waals surface area contributed by atoms with Gasteiger partial charge in [-0.1, -0.05) is 88.8 Å². The SMILES string of the molecule is C=C/C=C(\C)C(=C)N1CCN(c2nc(C3CCCCC3)cc(-c3ccccc3)c2C#N)CC1.CC. The Hall–Kier alpha value is -3.32. The number of anilines is 1. The predicted molar refractivity (Wildman–Crippen MR) is 148 cm³/mol. The smallest absolute Gasteiger partial charge is 0.147 e. The van der Waals surface area contributed by atoms with Gasteiger partial charge in [-0.3, -0.25) is 0 Å². The van der Waals surface area contributed by atoms with E-state index in [9.17, 15) is 5.26 Å². The van der Waals surface area contributed by atoms with Gasteiger partial charge in [0.15, 0.2) is 0 Å². The molecule has 2 aromatic rings. The Labute approximate surface area is 212 Å². The first-order chi connectivity index (χ1) is 17.1. The van der Waals surface area contributed by atoms with Crippen LogP contribution in [-0.4, -0.2) is 36.1 Å². The summed E-state index contributed by atoms with van der Waals surface area (Å²) < 4.78 is 0. The van der Waals surface area contributed by atoms with Crippen LogP contribution in [0.3, 0.4) is 0 Å². The molecule has 1 aromatic heterocycles. The van der Waals surface area contributed by atoms with Crippen molar-refractivity contribution in [2.24, 2.45) is 0 Å². The van der Waals surface area contributed by atoms with E-state index in [0.717, 1.165) is 60.1 Å². The molecule has 4 rings (SSSR count). The fraction of sp³-hybridized carbons (Fsp3) is 0.419. The second-order valence-electron chi connectivity index (χ2n) is 9.11. The van der Waals surface area contributed by atoms with Crippen LogP contribution in [0.4, 0.5) is 5.82 Å². The van der Waals surface area contributed by atoms with E-state index in [-0.39, 0.29) is 0 Å². The predicted octanol–water partition coefficient (Wildman–Crippen LogP) is 7.46. The zero-order valence-electron chi connectivity index (χ0n) is 21.8. The molecule has 1 aliphatic heterocycles. The van der Waals surface area contributed by atoms with E-state index >= 15 is 0 Å². The summed E-state index contributed by atoms with van der Waals surface area (Å²) in [4.78, 5) is 9.77. The number of nitriles is 1. The molecule has 0 radical (unpaired) electrons. The third-order valence-corrected chi connectivity index (χ3v) is 7.02. The highest BCUT2D eigenvalue weighted by Crippen LogP contribution is 2.38. The van der Waals surface area contributed by atoms with E-state index in [2.05, 4.69) is 54.1 Å². The molecule has 2 aliphatic rings. The molecule has 1 saturated heterocycles. The van der Waals surface area contributed by atoms with Crippen molar-refractivity contribution in [3.8, 4) is 17.2 Å². The largest absolute Gasteiger partial charge is 0.368 e. The van der Waals surface area contributed by atoms with Crippen LogP contribution >= 0.6 is 0 Å². The Morgan fingerprint density at radius 3 is 2.31 bits per heavy atom. The molecule has 0 unspecified atom stereocenters. The zero-order valence-corrected chi connectivity index (χ0v) is 21.8. The Bertz CT molecular complexity index is 1060. The van der Waals surface area contributed by atoms with Gasteiger partial charge in [0.05, 0.1) is 0 Å². The molecule has 35 heavy (non-hydrogen) atoms. The van der Waals surface area contributed by atoms with Gasteiger partial charge in [-0.05, 0) is 37.0 Å². The summed E-state index contributed by atoms with van der Waals surface area (Å²) in [5.74, 6) is 1.34. The summed E-state index contributed by atoms with van der Waals surface area (Å²) in [5.41, 5.74) is 6.13. The molecular formula is C31H40N4. The summed E-state index contributed by atoms with van der Waals surface area (Å²) in [6, 6.07) is 15.0. The number of piperazine rings is 1. The maximum Gasteiger partial charge on any atom is 0.147 e. The van der Waals surface area contributed by atoms with Gasteiger partial charge in [0.2, 0.25) is 0 Å². The van der Waals surface area contributed by atoms with Crippen molar-refractivity contribution in [3.63, 3.8) is 0 Å². The minimum atomic E-state index is 0.487. The molecule has 4 heteroatoms. The van der Waals surface area contributed by atoms with Crippen LogP contribution < -0.4 is 4.90 Å². The summed E-state index contributed by atoms with van der Waals surface area (Å²) in [6.07, 6.45) is 10.0. The number of allylic oxidation sites excluding steroid dienone is 3. The van der Waals surface area contributed by atoms with Gasteiger partial charge in [0.25, 0.3) is 0 Å². The Kier molecular flexibility index (Phi) is 9.73. The van der Waals surface area contributed by atoms with Gasteiger partial charge < -0.3 is 9.80 Å². The fourth-order valence-corrected chi connectivity index (χ4v) is 5.05. The minimum absolute atomic E-state index is 0.487. The zero-order chi connectivity index (χ0) is 25.2. The standard InChI is InChI=1S/C29H34N4.C2H6/c1-4-11-22(2)23(3)32-16-18-33(19-17-32)29-27(21-30)26(24-12-7-5-8-13-24)20-28(31-29)25-14-9-6-10-15-25;1-2/h4-5,7-8,11-13,20,25H,1,3,6,9-10,14-19H2,2H3;1-2H3/b22-11+;. The highest BCUT2D eigenvalue weighted by molar-refractivity contribution is 5.77. The lowest BCUT2D eigenvalue weighted by atomic mass is 9.85. The number of hydrogen-bond acceptors (Lipinski definition) is 4. The van der Waals surface area contributed by atoms with Gasteiger partial charge in [0.1, 0.15) is 17.5 Å². The third-order valence-electron chi connectivity index (χ3n) is 7.02.